The predicted octanol–water partition coefficient (Wildman–Crippen LogP) is 5.69. The third-order valence-electron chi connectivity index (χ3n) is 4.96. The number of hydrogen-bond donors (Lipinski definition) is 0. The number of nitrogens with zero attached hydrogens (tertiary/aromatic N) is 1. The van der Waals surface area contributed by atoms with Crippen LogP contribution in [0, 0.1) is 0 Å². The molecule has 1 atom stereocenters. The molecule has 4 heteroatoms. The number of carbonyl (C=O) groups excluding carboxylic acids is 1. The Morgan fingerprint density at radius 3 is 2.56 bits per heavy atom. The second-order valence-corrected chi connectivity index (χ2v) is 7.75. The van der Waals surface area contributed by atoms with Gasteiger partial charge in [-0.25, -0.2) is 0 Å². The van der Waals surface area contributed by atoms with Gasteiger partial charge in [0.1, 0.15) is 12.4 Å². The van der Waals surface area contributed by atoms with Gasteiger partial charge in [0, 0.05) is 12.1 Å². The molecule has 27 heavy (non-hydrogen) atoms. The van der Waals surface area contributed by atoms with Gasteiger partial charge in [-0.1, -0.05) is 48.5 Å². The van der Waals surface area contributed by atoms with Crippen molar-refractivity contribution >= 4 is 17.2 Å². The summed E-state index contributed by atoms with van der Waals surface area (Å²) in [4.78, 5) is 16.0. The molecule has 1 aromatic heterocycles. The smallest absolute Gasteiger partial charge is 0.264 e. The number of thiophene rings is 1. The van der Waals surface area contributed by atoms with E-state index in [-0.39, 0.29) is 11.9 Å². The molecular formula is C23H23NO2S. The van der Waals surface area contributed by atoms with E-state index >= 15 is 0 Å². The predicted molar refractivity (Wildman–Crippen MR) is 109 cm³/mol. The molecule has 3 aromatic rings. The van der Waals surface area contributed by atoms with Gasteiger partial charge in [0.15, 0.2) is 0 Å². The van der Waals surface area contributed by atoms with Gasteiger partial charge in [-0.05, 0) is 48.4 Å². The highest BCUT2D eigenvalue weighted by atomic mass is 32.1. The van der Waals surface area contributed by atoms with Crippen molar-refractivity contribution in [1.82, 2.24) is 4.90 Å². The van der Waals surface area contributed by atoms with Crippen LogP contribution in [0.4, 0.5) is 0 Å². The first-order valence-corrected chi connectivity index (χ1v) is 10.3. The molecule has 2 heterocycles. The van der Waals surface area contributed by atoms with Crippen molar-refractivity contribution in [2.75, 3.05) is 6.54 Å². The van der Waals surface area contributed by atoms with E-state index in [9.17, 15) is 4.79 Å². The molecule has 1 fully saturated rings. The van der Waals surface area contributed by atoms with Gasteiger partial charge < -0.3 is 9.64 Å². The fourth-order valence-corrected chi connectivity index (χ4v) is 4.44. The van der Waals surface area contributed by atoms with Crippen molar-refractivity contribution in [3.63, 3.8) is 0 Å². The molecule has 1 amide bonds. The summed E-state index contributed by atoms with van der Waals surface area (Å²) in [7, 11) is 0. The quantitative estimate of drug-likeness (QED) is 0.571. The summed E-state index contributed by atoms with van der Waals surface area (Å²) < 4.78 is 5.80. The first-order valence-electron chi connectivity index (χ1n) is 9.42. The standard InChI is InChI=1S/C23H23NO2S/c25-23(24-14-8-7-13-21(24)19-9-3-1-4-10-19)22-15-18(17-27-22)16-26-20-11-5-2-6-12-20/h1-6,9-12,15,17,21H,7-8,13-14,16H2. The normalized spacial score (nSPS) is 16.9. The van der Waals surface area contributed by atoms with Crippen LogP contribution in [0.2, 0.25) is 0 Å². The van der Waals surface area contributed by atoms with Gasteiger partial charge in [0.05, 0.1) is 10.9 Å². The molecule has 1 saturated heterocycles. The molecule has 0 bridgehead atoms. The van der Waals surface area contributed by atoms with Gasteiger partial charge in [0.2, 0.25) is 0 Å². The minimum absolute atomic E-state index is 0.138. The van der Waals surface area contributed by atoms with Crippen LogP contribution in [-0.2, 0) is 6.61 Å². The monoisotopic (exact) mass is 377 g/mol. The maximum Gasteiger partial charge on any atom is 0.264 e. The third-order valence-corrected chi connectivity index (χ3v) is 5.93. The van der Waals surface area contributed by atoms with E-state index in [0.29, 0.717) is 6.61 Å². The molecular weight excluding hydrogens is 354 g/mol. The zero-order chi connectivity index (χ0) is 18.5. The number of likely N-dealkylation sites (tertiary alicyclic amines) is 1. The zero-order valence-corrected chi connectivity index (χ0v) is 16.0. The van der Waals surface area contributed by atoms with Crippen molar-refractivity contribution in [2.24, 2.45) is 0 Å². The molecule has 1 unspecified atom stereocenters. The number of piperidine rings is 1. The van der Waals surface area contributed by atoms with Gasteiger partial charge in [-0.3, -0.25) is 4.79 Å². The summed E-state index contributed by atoms with van der Waals surface area (Å²) in [6.45, 7) is 1.31. The van der Waals surface area contributed by atoms with Crippen LogP contribution in [-0.4, -0.2) is 17.4 Å². The second kappa shape index (κ2) is 8.40. The molecule has 3 nitrogen and oxygen atoms in total. The SMILES string of the molecule is O=C(c1cc(COc2ccccc2)cs1)N1CCCCC1c1ccccc1. The van der Waals surface area contributed by atoms with Gasteiger partial charge in [-0.2, -0.15) is 0 Å². The largest absolute Gasteiger partial charge is 0.489 e. The lowest BCUT2D eigenvalue weighted by Gasteiger charge is -2.36. The van der Waals surface area contributed by atoms with E-state index < -0.39 is 0 Å². The topological polar surface area (TPSA) is 29.5 Å². The van der Waals surface area contributed by atoms with E-state index in [1.807, 2.05) is 52.7 Å². The number of carbonyl (C=O) groups is 1. The first-order chi connectivity index (χ1) is 13.3. The third kappa shape index (κ3) is 4.22. The van der Waals surface area contributed by atoms with Crippen molar-refractivity contribution in [1.29, 1.82) is 0 Å². The molecule has 0 spiro atoms. The van der Waals surface area contributed by atoms with E-state index in [1.165, 1.54) is 23.3 Å². The maximum atomic E-state index is 13.2. The van der Waals surface area contributed by atoms with Crippen molar-refractivity contribution in [3.8, 4) is 5.75 Å². The van der Waals surface area contributed by atoms with Gasteiger partial charge in [0.25, 0.3) is 5.91 Å². The molecule has 0 aliphatic carbocycles. The molecule has 0 N–H and O–H groups in total. The van der Waals surface area contributed by atoms with Crippen LogP contribution in [0.25, 0.3) is 0 Å². The Kier molecular flexibility index (Phi) is 5.54. The molecule has 2 aromatic carbocycles. The molecule has 138 valence electrons. The number of benzene rings is 2. The first kappa shape index (κ1) is 17.8. The lowest BCUT2D eigenvalue weighted by Crippen LogP contribution is -2.38. The van der Waals surface area contributed by atoms with Gasteiger partial charge in [-0.15, -0.1) is 11.3 Å². The summed E-state index contributed by atoms with van der Waals surface area (Å²) in [6.07, 6.45) is 3.28. The fraction of sp³-hybridized carbons (Fsp3) is 0.261. The van der Waals surface area contributed by atoms with Crippen molar-refractivity contribution in [2.45, 2.75) is 31.9 Å². The summed E-state index contributed by atoms with van der Waals surface area (Å²) in [6, 6.07) is 22.3. The molecule has 1 aliphatic heterocycles. The highest BCUT2D eigenvalue weighted by Gasteiger charge is 2.29. The maximum absolute atomic E-state index is 13.2. The van der Waals surface area contributed by atoms with E-state index in [4.69, 9.17) is 4.74 Å². The van der Waals surface area contributed by atoms with Gasteiger partial charge >= 0.3 is 0 Å². The van der Waals surface area contributed by atoms with Crippen molar-refractivity contribution in [3.05, 3.63) is 88.1 Å². The van der Waals surface area contributed by atoms with Crippen LogP contribution in [0.5, 0.6) is 5.75 Å². The lowest BCUT2D eigenvalue weighted by molar-refractivity contribution is 0.0616. The molecule has 4 rings (SSSR count). The zero-order valence-electron chi connectivity index (χ0n) is 15.2. The van der Waals surface area contributed by atoms with E-state index in [0.717, 1.165) is 35.6 Å². The number of ether oxygens (including phenoxy) is 1. The molecule has 1 aliphatic rings. The Morgan fingerprint density at radius 1 is 1.04 bits per heavy atom. The van der Waals surface area contributed by atoms with E-state index in [1.54, 1.807) is 0 Å². The Labute approximate surface area is 164 Å². The number of para-hydroxylation sites is 1. The van der Waals surface area contributed by atoms with Crippen molar-refractivity contribution < 1.29 is 9.53 Å². The number of rotatable bonds is 5. The Hall–Kier alpha value is -2.59. The summed E-state index contributed by atoms with van der Waals surface area (Å²) in [5.41, 5.74) is 2.27. The van der Waals surface area contributed by atoms with Crippen LogP contribution in [0.15, 0.2) is 72.1 Å². The Balaban J connectivity index is 1.46. The van der Waals surface area contributed by atoms with Crippen LogP contribution in [0.3, 0.4) is 0 Å². The molecule has 0 saturated carbocycles. The average molecular weight is 378 g/mol. The second-order valence-electron chi connectivity index (χ2n) is 6.84. The summed E-state index contributed by atoms with van der Waals surface area (Å²) >= 11 is 1.51. The van der Waals surface area contributed by atoms with E-state index in [2.05, 4.69) is 24.3 Å². The van der Waals surface area contributed by atoms with Crippen LogP contribution < -0.4 is 4.74 Å². The van der Waals surface area contributed by atoms with Crippen LogP contribution in [0.1, 0.15) is 46.1 Å². The minimum atomic E-state index is 0.138. The van der Waals surface area contributed by atoms with Crippen LogP contribution >= 0.6 is 11.3 Å². The summed E-state index contributed by atoms with van der Waals surface area (Å²) in [5.74, 6) is 0.983. The Morgan fingerprint density at radius 2 is 1.78 bits per heavy atom. The highest BCUT2D eigenvalue weighted by Crippen LogP contribution is 2.33. The highest BCUT2D eigenvalue weighted by molar-refractivity contribution is 7.12. The fourth-order valence-electron chi connectivity index (χ4n) is 3.58. The molecule has 0 radical (unpaired) electrons. The summed E-state index contributed by atoms with van der Waals surface area (Å²) in [5, 5.41) is 2.03. The number of hydrogen-bond acceptors (Lipinski definition) is 3. The Bertz CT molecular complexity index is 876. The number of amides is 1. The lowest BCUT2D eigenvalue weighted by atomic mass is 9.95. The average Bonchev–Trinajstić information content (AvgIpc) is 3.22. The minimum Gasteiger partial charge on any atom is -0.489 e.